The molecule has 0 aliphatic carbocycles. The van der Waals surface area contributed by atoms with Gasteiger partial charge in [0, 0.05) is 12.0 Å². The van der Waals surface area contributed by atoms with Crippen molar-refractivity contribution in [1.29, 1.82) is 0 Å². The van der Waals surface area contributed by atoms with Crippen molar-refractivity contribution < 1.29 is 9.47 Å². The van der Waals surface area contributed by atoms with Gasteiger partial charge in [0.15, 0.2) is 0 Å². The van der Waals surface area contributed by atoms with Gasteiger partial charge in [0.1, 0.15) is 11.2 Å². The second-order valence-corrected chi connectivity index (χ2v) is 3.61. The van der Waals surface area contributed by atoms with E-state index >= 15 is 0 Å². The molecule has 0 aliphatic heterocycles. The van der Waals surface area contributed by atoms with E-state index in [-0.39, 0.29) is 0 Å². The van der Waals surface area contributed by atoms with Crippen LogP contribution in [0.1, 0.15) is 6.92 Å². The van der Waals surface area contributed by atoms with Crippen molar-refractivity contribution in [3.05, 3.63) is 9.98 Å². The summed E-state index contributed by atoms with van der Waals surface area (Å²) in [5.41, 5.74) is 0. The van der Waals surface area contributed by atoms with Crippen LogP contribution in [0.5, 0.6) is 5.19 Å². The molecule has 1 rings (SSSR count). The number of aromatic nitrogens is 1. The molecular formula is C7H10BrNO2S. The van der Waals surface area contributed by atoms with E-state index in [1.54, 1.807) is 0 Å². The van der Waals surface area contributed by atoms with Crippen molar-refractivity contribution in [3.8, 4) is 5.19 Å². The van der Waals surface area contributed by atoms with Gasteiger partial charge in [-0.2, -0.15) is 4.98 Å². The van der Waals surface area contributed by atoms with Crippen LogP contribution in [0.15, 0.2) is 9.98 Å². The minimum absolute atomic E-state index is 0.563. The van der Waals surface area contributed by atoms with Crippen LogP contribution in [-0.4, -0.2) is 24.8 Å². The van der Waals surface area contributed by atoms with Gasteiger partial charge in [-0.15, -0.1) is 0 Å². The third-order valence-corrected chi connectivity index (χ3v) is 2.57. The number of halogens is 1. The summed E-state index contributed by atoms with van der Waals surface area (Å²) in [6.07, 6.45) is 0. The second-order valence-electron chi connectivity index (χ2n) is 1.98. The number of hydrogen-bond donors (Lipinski definition) is 0. The molecule has 1 aromatic rings. The van der Waals surface area contributed by atoms with Crippen LogP contribution in [0, 0.1) is 0 Å². The lowest BCUT2D eigenvalue weighted by molar-refractivity contribution is 0.110. The SMILES string of the molecule is CCOCCOc1nc(Br)cs1. The quantitative estimate of drug-likeness (QED) is 0.753. The molecule has 68 valence electrons. The van der Waals surface area contributed by atoms with Crippen LogP contribution in [0.3, 0.4) is 0 Å². The van der Waals surface area contributed by atoms with Gasteiger partial charge in [-0.25, -0.2) is 0 Å². The Morgan fingerprint density at radius 2 is 2.42 bits per heavy atom. The Kier molecular flexibility index (Phi) is 4.57. The van der Waals surface area contributed by atoms with Crippen LogP contribution in [0.4, 0.5) is 0 Å². The fourth-order valence-corrected chi connectivity index (χ4v) is 1.75. The molecule has 0 spiro atoms. The van der Waals surface area contributed by atoms with Crippen molar-refractivity contribution in [2.75, 3.05) is 19.8 Å². The topological polar surface area (TPSA) is 31.4 Å². The molecule has 0 aromatic carbocycles. The Hall–Kier alpha value is -0.130. The molecule has 0 bridgehead atoms. The second kappa shape index (κ2) is 5.50. The van der Waals surface area contributed by atoms with Crippen molar-refractivity contribution in [2.24, 2.45) is 0 Å². The number of thiazole rings is 1. The predicted molar refractivity (Wildman–Crippen MR) is 51.8 cm³/mol. The zero-order valence-electron chi connectivity index (χ0n) is 6.75. The summed E-state index contributed by atoms with van der Waals surface area (Å²) in [7, 11) is 0. The molecule has 0 N–H and O–H groups in total. The maximum absolute atomic E-state index is 5.28. The molecule has 0 fully saturated rings. The number of rotatable bonds is 5. The van der Waals surface area contributed by atoms with Crippen molar-refractivity contribution >= 4 is 27.3 Å². The van der Waals surface area contributed by atoms with Gasteiger partial charge in [-0.1, -0.05) is 11.3 Å². The smallest absolute Gasteiger partial charge is 0.274 e. The van der Waals surface area contributed by atoms with E-state index in [2.05, 4.69) is 20.9 Å². The summed E-state index contributed by atoms with van der Waals surface area (Å²) in [4.78, 5) is 4.07. The Morgan fingerprint density at radius 1 is 1.58 bits per heavy atom. The largest absolute Gasteiger partial charge is 0.468 e. The zero-order chi connectivity index (χ0) is 8.81. The lowest BCUT2D eigenvalue weighted by atomic mass is 10.7. The van der Waals surface area contributed by atoms with Gasteiger partial charge >= 0.3 is 0 Å². The Labute approximate surface area is 83.8 Å². The van der Waals surface area contributed by atoms with Gasteiger partial charge in [0.05, 0.1) is 6.61 Å². The summed E-state index contributed by atoms with van der Waals surface area (Å²) < 4.78 is 11.2. The molecule has 0 saturated carbocycles. The monoisotopic (exact) mass is 251 g/mol. The van der Waals surface area contributed by atoms with E-state index in [4.69, 9.17) is 9.47 Å². The molecule has 0 unspecified atom stereocenters. The molecule has 1 aromatic heterocycles. The van der Waals surface area contributed by atoms with E-state index in [1.807, 2.05) is 12.3 Å². The highest BCUT2D eigenvalue weighted by molar-refractivity contribution is 9.10. The Balaban J connectivity index is 2.15. The fourth-order valence-electron chi connectivity index (χ4n) is 0.637. The fraction of sp³-hybridized carbons (Fsp3) is 0.571. The molecule has 0 saturated heterocycles. The first-order chi connectivity index (χ1) is 5.83. The maximum atomic E-state index is 5.28. The van der Waals surface area contributed by atoms with Crippen LogP contribution in [-0.2, 0) is 4.74 Å². The summed E-state index contributed by atoms with van der Waals surface area (Å²) >= 11 is 4.71. The predicted octanol–water partition coefficient (Wildman–Crippen LogP) is 2.32. The Morgan fingerprint density at radius 3 is 3.00 bits per heavy atom. The molecule has 12 heavy (non-hydrogen) atoms. The molecule has 0 radical (unpaired) electrons. The lowest BCUT2D eigenvalue weighted by Gasteiger charge is -2.00. The highest BCUT2D eigenvalue weighted by Crippen LogP contribution is 2.21. The first-order valence-corrected chi connectivity index (χ1v) is 5.31. The standard InChI is InChI=1S/C7H10BrNO2S/c1-2-10-3-4-11-7-9-6(8)5-12-7/h5H,2-4H2,1H3. The van der Waals surface area contributed by atoms with Crippen LogP contribution < -0.4 is 4.74 Å². The highest BCUT2D eigenvalue weighted by atomic mass is 79.9. The van der Waals surface area contributed by atoms with E-state index in [0.29, 0.717) is 18.4 Å². The molecule has 1 heterocycles. The zero-order valence-corrected chi connectivity index (χ0v) is 9.15. The third-order valence-electron chi connectivity index (χ3n) is 1.11. The first kappa shape index (κ1) is 9.95. The number of ether oxygens (including phenoxy) is 2. The maximum Gasteiger partial charge on any atom is 0.274 e. The lowest BCUT2D eigenvalue weighted by Crippen LogP contribution is -2.05. The van der Waals surface area contributed by atoms with Crippen LogP contribution >= 0.6 is 27.3 Å². The molecule has 0 amide bonds. The van der Waals surface area contributed by atoms with Crippen LogP contribution in [0.25, 0.3) is 0 Å². The third kappa shape index (κ3) is 3.51. The minimum Gasteiger partial charge on any atom is -0.468 e. The first-order valence-electron chi connectivity index (χ1n) is 3.64. The summed E-state index contributed by atoms with van der Waals surface area (Å²) in [5, 5.41) is 2.57. The average molecular weight is 252 g/mol. The number of nitrogens with zero attached hydrogens (tertiary/aromatic N) is 1. The Bertz CT molecular complexity index is 229. The van der Waals surface area contributed by atoms with E-state index in [1.165, 1.54) is 11.3 Å². The van der Waals surface area contributed by atoms with Crippen molar-refractivity contribution in [2.45, 2.75) is 6.92 Å². The molecule has 0 aliphatic rings. The molecule has 0 atom stereocenters. The van der Waals surface area contributed by atoms with Gasteiger partial charge in [-0.05, 0) is 22.9 Å². The molecule has 5 heteroatoms. The number of hydrogen-bond acceptors (Lipinski definition) is 4. The summed E-state index contributed by atoms with van der Waals surface area (Å²) in [5.74, 6) is 0. The van der Waals surface area contributed by atoms with Gasteiger partial charge in [-0.3, -0.25) is 0 Å². The summed E-state index contributed by atoms with van der Waals surface area (Å²) in [6, 6.07) is 0. The average Bonchev–Trinajstić information content (AvgIpc) is 2.45. The molecule has 3 nitrogen and oxygen atoms in total. The van der Waals surface area contributed by atoms with Gasteiger partial charge < -0.3 is 9.47 Å². The van der Waals surface area contributed by atoms with E-state index in [9.17, 15) is 0 Å². The minimum atomic E-state index is 0.563. The van der Waals surface area contributed by atoms with E-state index in [0.717, 1.165) is 11.2 Å². The normalized spacial score (nSPS) is 10.2. The molecular weight excluding hydrogens is 242 g/mol. The van der Waals surface area contributed by atoms with Crippen LogP contribution in [0.2, 0.25) is 0 Å². The van der Waals surface area contributed by atoms with Crippen molar-refractivity contribution in [1.82, 2.24) is 4.98 Å². The van der Waals surface area contributed by atoms with E-state index < -0.39 is 0 Å². The highest BCUT2D eigenvalue weighted by Gasteiger charge is 1.98. The van der Waals surface area contributed by atoms with Gasteiger partial charge in [0.25, 0.3) is 5.19 Å². The summed E-state index contributed by atoms with van der Waals surface area (Å²) in [6.45, 7) is 3.87. The van der Waals surface area contributed by atoms with Gasteiger partial charge in [0.2, 0.25) is 0 Å². The van der Waals surface area contributed by atoms with Crippen molar-refractivity contribution in [3.63, 3.8) is 0 Å².